The number of carbonyl (C=O) groups is 3. The highest BCUT2D eigenvalue weighted by molar-refractivity contribution is 6.33. The van der Waals surface area contributed by atoms with Crippen LogP contribution in [0.25, 0.3) is 0 Å². The standard InChI is InChI=1S/C16H19ClN2O4/c17-12-6-3-4-7-13(12)18-14(20)11-23-16(22)10-19-9-5-1-2-8-15(19)21/h3-4,6-7H,1-2,5,8-11H2,(H,18,20). The summed E-state index contributed by atoms with van der Waals surface area (Å²) in [4.78, 5) is 36.8. The number of benzene rings is 1. The molecule has 2 amide bonds. The maximum absolute atomic E-state index is 11.8. The molecule has 1 aromatic rings. The molecule has 0 atom stereocenters. The highest BCUT2D eigenvalue weighted by Crippen LogP contribution is 2.20. The van der Waals surface area contributed by atoms with Crippen molar-refractivity contribution in [3.8, 4) is 0 Å². The molecule has 1 N–H and O–H groups in total. The van der Waals surface area contributed by atoms with Crippen LogP contribution < -0.4 is 5.32 Å². The summed E-state index contributed by atoms with van der Waals surface area (Å²) in [5.41, 5.74) is 0.456. The lowest BCUT2D eigenvalue weighted by Gasteiger charge is -2.19. The maximum atomic E-state index is 11.8. The van der Waals surface area contributed by atoms with E-state index in [9.17, 15) is 14.4 Å². The number of hydrogen-bond donors (Lipinski definition) is 1. The van der Waals surface area contributed by atoms with Gasteiger partial charge in [-0.1, -0.05) is 30.2 Å². The smallest absolute Gasteiger partial charge is 0.326 e. The molecule has 7 heteroatoms. The lowest BCUT2D eigenvalue weighted by Crippen LogP contribution is -2.36. The summed E-state index contributed by atoms with van der Waals surface area (Å²) in [5, 5.41) is 2.96. The van der Waals surface area contributed by atoms with Crippen molar-refractivity contribution in [1.82, 2.24) is 4.90 Å². The van der Waals surface area contributed by atoms with Crippen LogP contribution in [0.3, 0.4) is 0 Å². The van der Waals surface area contributed by atoms with Gasteiger partial charge in [-0.3, -0.25) is 14.4 Å². The normalized spacial score (nSPS) is 15.0. The molecule has 0 saturated carbocycles. The summed E-state index contributed by atoms with van der Waals surface area (Å²) in [7, 11) is 0. The van der Waals surface area contributed by atoms with Gasteiger partial charge < -0.3 is 15.0 Å². The van der Waals surface area contributed by atoms with E-state index in [1.165, 1.54) is 4.90 Å². The van der Waals surface area contributed by atoms with Gasteiger partial charge in [-0.15, -0.1) is 0 Å². The SMILES string of the molecule is O=C(COC(=O)CN1CCCCCC1=O)Nc1ccccc1Cl. The quantitative estimate of drug-likeness (QED) is 0.835. The van der Waals surface area contributed by atoms with Crippen molar-refractivity contribution in [1.29, 1.82) is 0 Å². The number of nitrogens with zero attached hydrogens (tertiary/aromatic N) is 1. The highest BCUT2D eigenvalue weighted by atomic mass is 35.5. The molecule has 0 unspecified atom stereocenters. The molecule has 2 rings (SSSR count). The van der Waals surface area contributed by atoms with Crippen LogP contribution in [0.5, 0.6) is 0 Å². The molecule has 1 aromatic carbocycles. The Morgan fingerprint density at radius 3 is 2.78 bits per heavy atom. The summed E-state index contributed by atoms with van der Waals surface area (Å²) < 4.78 is 4.92. The summed E-state index contributed by atoms with van der Waals surface area (Å²) >= 11 is 5.92. The average molecular weight is 339 g/mol. The van der Waals surface area contributed by atoms with Crippen molar-refractivity contribution in [3.63, 3.8) is 0 Å². The fourth-order valence-electron chi connectivity index (χ4n) is 2.30. The van der Waals surface area contributed by atoms with Crippen molar-refractivity contribution in [2.45, 2.75) is 25.7 Å². The van der Waals surface area contributed by atoms with Gasteiger partial charge in [0.2, 0.25) is 5.91 Å². The number of carbonyl (C=O) groups excluding carboxylic acids is 3. The summed E-state index contributed by atoms with van der Waals surface area (Å²) in [6.45, 7) is 0.0318. The number of hydrogen-bond acceptors (Lipinski definition) is 4. The Morgan fingerprint density at radius 2 is 2.00 bits per heavy atom. The molecular formula is C16H19ClN2O4. The minimum absolute atomic E-state index is 0.0417. The summed E-state index contributed by atoms with van der Waals surface area (Å²) in [6, 6.07) is 6.78. The number of halogens is 1. The molecule has 1 aliphatic rings. The lowest BCUT2D eigenvalue weighted by atomic mass is 10.2. The number of nitrogens with one attached hydrogen (secondary N) is 1. The van der Waals surface area contributed by atoms with E-state index >= 15 is 0 Å². The van der Waals surface area contributed by atoms with E-state index in [-0.39, 0.29) is 12.5 Å². The predicted octanol–water partition coefficient (Wildman–Crippen LogP) is 2.22. The van der Waals surface area contributed by atoms with Gasteiger partial charge in [-0.2, -0.15) is 0 Å². The van der Waals surface area contributed by atoms with E-state index in [1.54, 1.807) is 24.3 Å². The zero-order valence-electron chi connectivity index (χ0n) is 12.7. The third-order valence-corrected chi connectivity index (χ3v) is 3.83. The second-order valence-corrected chi connectivity index (χ2v) is 5.72. The second-order valence-electron chi connectivity index (χ2n) is 5.31. The molecule has 1 aliphatic heterocycles. The van der Waals surface area contributed by atoms with Crippen molar-refractivity contribution >= 4 is 35.1 Å². The summed E-state index contributed by atoms with van der Waals surface area (Å²) in [5.74, 6) is -1.11. The van der Waals surface area contributed by atoms with Gasteiger partial charge in [0.1, 0.15) is 6.54 Å². The van der Waals surface area contributed by atoms with Crippen molar-refractivity contribution < 1.29 is 19.1 Å². The fourth-order valence-corrected chi connectivity index (χ4v) is 2.49. The van der Waals surface area contributed by atoms with E-state index in [0.29, 0.717) is 23.7 Å². The Balaban J connectivity index is 1.76. The number of para-hydroxylation sites is 1. The molecule has 1 heterocycles. The third kappa shape index (κ3) is 5.56. The zero-order chi connectivity index (χ0) is 16.7. The number of esters is 1. The minimum atomic E-state index is -0.588. The molecular weight excluding hydrogens is 320 g/mol. The fraction of sp³-hybridized carbons (Fsp3) is 0.438. The Hall–Kier alpha value is -2.08. The number of amides is 2. The average Bonchev–Trinajstić information content (AvgIpc) is 2.73. The van der Waals surface area contributed by atoms with E-state index in [0.717, 1.165) is 19.3 Å². The van der Waals surface area contributed by atoms with Crippen LogP contribution in [0, 0.1) is 0 Å². The largest absolute Gasteiger partial charge is 0.454 e. The first-order chi connectivity index (χ1) is 11.1. The second kappa shape index (κ2) is 8.53. The van der Waals surface area contributed by atoms with Crippen LogP contribution in [-0.2, 0) is 19.1 Å². The van der Waals surface area contributed by atoms with Crippen LogP contribution in [0.2, 0.25) is 5.02 Å². The molecule has 0 bridgehead atoms. The molecule has 1 saturated heterocycles. The first kappa shape index (κ1) is 17.3. The van der Waals surface area contributed by atoms with Crippen LogP contribution >= 0.6 is 11.6 Å². The van der Waals surface area contributed by atoms with E-state index in [4.69, 9.17) is 16.3 Å². The zero-order valence-corrected chi connectivity index (χ0v) is 13.5. The third-order valence-electron chi connectivity index (χ3n) is 3.50. The number of rotatable bonds is 5. The lowest BCUT2D eigenvalue weighted by molar-refractivity contribution is -0.151. The number of ether oxygens (including phenoxy) is 1. The van der Waals surface area contributed by atoms with Gasteiger partial charge in [-0.05, 0) is 25.0 Å². The predicted molar refractivity (Wildman–Crippen MR) is 86.1 cm³/mol. The summed E-state index contributed by atoms with van der Waals surface area (Å²) in [6.07, 6.45) is 3.18. The van der Waals surface area contributed by atoms with Gasteiger partial charge in [-0.25, -0.2) is 0 Å². The Bertz CT molecular complexity index is 591. The van der Waals surface area contributed by atoms with Gasteiger partial charge in [0.05, 0.1) is 10.7 Å². The molecule has 0 spiro atoms. The van der Waals surface area contributed by atoms with Gasteiger partial charge in [0, 0.05) is 13.0 Å². The van der Waals surface area contributed by atoms with Crippen LogP contribution in [0.1, 0.15) is 25.7 Å². The van der Waals surface area contributed by atoms with Gasteiger partial charge in [0.15, 0.2) is 6.61 Å². The number of anilines is 1. The highest BCUT2D eigenvalue weighted by Gasteiger charge is 2.20. The van der Waals surface area contributed by atoms with Gasteiger partial charge >= 0.3 is 5.97 Å². The molecule has 23 heavy (non-hydrogen) atoms. The molecule has 1 fully saturated rings. The van der Waals surface area contributed by atoms with Crippen LogP contribution in [0.15, 0.2) is 24.3 Å². The van der Waals surface area contributed by atoms with Gasteiger partial charge in [0.25, 0.3) is 5.91 Å². The monoisotopic (exact) mass is 338 g/mol. The van der Waals surface area contributed by atoms with Crippen molar-refractivity contribution in [3.05, 3.63) is 29.3 Å². The minimum Gasteiger partial charge on any atom is -0.454 e. The van der Waals surface area contributed by atoms with Crippen LogP contribution in [-0.4, -0.2) is 42.4 Å². The molecule has 124 valence electrons. The number of likely N-dealkylation sites (tertiary alicyclic amines) is 1. The molecule has 0 radical (unpaired) electrons. The van der Waals surface area contributed by atoms with E-state index < -0.39 is 18.5 Å². The molecule has 0 aliphatic carbocycles. The first-order valence-electron chi connectivity index (χ1n) is 7.54. The van der Waals surface area contributed by atoms with Crippen LogP contribution in [0.4, 0.5) is 5.69 Å². The Kier molecular flexibility index (Phi) is 6.40. The Morgan fingerprint density at radius 1 is 1.22 bits per heavy atom. The molecule has 0 aromatic heterocycles. The topological polar surface area (TPSA) is 75.7 Å². The first-order valence-corrected chi connectivity index (χ1v) is 7.92. The van der Waals surface area contributed by atoms with Crippen molar-refractivity contribution in [2.24, 2.45) is 0 Å². The van der Waals surface area contributed by atoms with Crippen molar-refractivity contribution in [2.75, 3.05) is 25.0 Å². The van der Waals surface area contributed by atoms with E-state index in [1.807, 2.05) is 0 Å². The van der Waals surface area contributed by atoms with E-state index in [2.05, 4.69) is 5.32 Å². The maximum Gasteiger partial charge on any atom is 0.326 e. The Labute approximate surface area is 139 Å². The molecule has 6 nitrogen and oxygen atoms in total.